The number of methoxy groups -OCH3 is 1. The van der Waals surface area contributed by atoms with Crippen LogP contribution in [0.2, 0.25) is 5.02 Å². The molecule has 0 fully saturated rings. The van der Waals surface area contributed by atoms with Crippen molar-refractivity contribution in [3.05, 3.63) is 81.5 Å². The number of carbonyl (C=O) groups is 2. The highest BCUT2D eigenvalue weighted by Gasteiger charge is 2.38. The maximum Gasteiger partial charge on any atom is 0.336 e. The molecular formula is C23H22ClF2NO4. The minimum absolute atomic E-state index is 0.0431. The van der Waals surface area contributed by atoms with Gasteiger partial charge in [-0.2, -0.15) is 0 Å². The first kappa shape index (κ1) is 22.9. The third-order valence-corrected chi connectivity index (χ3v) is 5.53. The van der Waals surface area contributed by atoms with Crippen LogP contribution in [0.1, 0.15) is 30.4 Å². The summed E-state index contributed by atoms with van der Waals surface area (Å²) in [4.78, 5) is 27.3. The van der Waals surface area contributed by atoms with Crippen LogP contribution in [0, 0.1) is 11.6 Å². The van der Waals surface area contributed by atoms with E-state index in [9.17, 15) is 18.4 Å². The fourth-order valence-corrected chi connectivity index (χ4v) is 3.87. The summed E-state index contributed by atoms with van der Waals surface area (Å²) in [6.07, 6.45) is -0.0431. The monoisotopic (exact) mass is 449 g/mol. The summed E-state index contributed by atoms with van der Waals surface area (Å²) < 4.78 is 37.7. The molecule has 1 unspecified atom stereocenters. The van der Waals surface area contributed by atoms with Crippen molar-refractivity contribution in [1.82, 2.24) is 4.90 Å². The number of halogens is 3. The van der Waals surface area contributed by atoms with Crippen molar-refractivity contribution in [3.8, 4) is 0 Å². The molecule has 2 aromatic carbocycles. The quantitative estimate of drug-likeness (QED) is 0.458. The zero-order valence-electron chi connectivity index (χ0n) is 17.2. The molecule has 0 N–H and O–H groups in total. The molecule has 3 rings (SSSR count). The first-order valence-corrected chi connectivity index (χ1v) is 10.1. The second kappa shape index (κ2) is 10.0. The van der Waals surface area contributed by atoms with E-state index in [-0.39, 0.29) is 43.2 Å². The largest absolute Gasteiger partial charge is 0.460 e. The van der Waals surface area contributed by atoms with Crippen LogP contribution in [0.3, 0.4) is 0 Å². The van der Waals surface area contributed by atoms with Crippen molar-refractivity contribution in [3.63, 3.8) is 0 Å². The van der Waals surface area contributed by atoms with E-state index in [0.29, 0.717) is 16.3 Å². The molecule has 1 aliphatic heterocycles. The molecule has 0 saturated heterocycles. The molecule has 1 amide bonds. The Hall–Kier alpha value is -2.77. The van der Waals surface area contributed by atoms with E-state index in [0.717, 1.165) is 12.1 Å². The molecule has 8 heteroatoms. The van der Waals surface area contributed by atoms with E-state index in [1.807, 2.05) is 0 Å². The van der Waals surface area contributed by atoms with E-state index >= 15 is 0 Å². The summed E-state index contributed by atoms with van der Waals surface area (Å²) in [6, 6.07) is 10.1. The molecule has 0 spiro atoms. The molecule has 164 valence electrons. The van der Waals surface area contributed by atoms with Gasteiger partial charge in [0.15, 0.2) is 0 Å². The number of nitrogens with zero attached hydrogens (tertiary/aromatic N) is 1. The molecule has 1 atom stereocenters. The van der Waals surface area contributed by atoms with Crippen LogP contribution >= 0.6 is 11.6 Å². The summed E-state index contributed by atoms with van der Waals surface area (Å²) in [5.74, 6) is -2.99. The highest BCUT2D eigenvalue weighted by molar-refractivity contribution is 6.31. The Kier molecular flexibility index (Phi) is 7.41. The summed E-state index contributed by atoms with van der Waals surface area (Å²) in [6.45, 7) is 1.73. The number of ether oxygens (including phenoxy) is 2. The second-order valence-corrected chi connectivity index (χ2v) is 7.53. The van der Waals surface area contributed by atoms with Crippen LogP contribution in [-0.2, 0) is 25.6 Å². The SMILES string of the molecule is COCCOC(=O)C1=C(C)N(Cc2ccc(F)cc2F)C(=O)CC1c1ccccc1Cl. The van der Waals surface area contributed by atoms with Gasteiger partial charge in [0, 0.05) is 41.8 Å². The van der Waals surface area contributed by atoms with Gasteiger partial charge in [-0.3, -0.25) is 4.79 Å². The summed E-state index contributed by atoms with van der Waals surface area (Å²) >= 11 is 6.35. The van der Waals surface area contributed by atoms with Crippen LogP contribution in [0.15, 0.2) is 53.7 Å². The number of allylic oxidation sites excluding steroid dienone is 1. The highest BCUT2D eigenvalue weighted by atomic mass is 35.5. The zero-order valence-corrected chi connectivity index (χ0v) is 17.9. The lowest BCUT2D eigenvalue weighted by Gasteiger charge is -2.35. The van der Waals surface area contributed by atoms with Crippen LogP contribution in [-0.4, -0.2) is 37.1 Å². The van der Waals surface area contributed by atoms with Crippen LogP contribution < -0.4 is 0 Å². The lowest BCUT2D eigenvalue weighted by molar-refractivity contribution is -0.141. The molecule has 0 aliphatic carbocycles. The molecule has 0 saturated carbocycles. The molecule has 0 radical (unpaired) electrons. The Morgan fingerprint density at radius 2 is 1.94 bits per heavy atom. The van der Waals surface area contributed by atoms with Crippen molar-refractivity contribution < 1.29 is 27.8 Å². The molecule has 1 heterocycles. The van der Waals surface area contributed by atoms with E-state index in [2.05, 4.69) is 0 Å². The van der Waals surface area contributed by atoms with Gasteiger partial charge in [0.05, 0.1) is 18.7 Å². The van der Waals surface area contributed by atoms with Gasteiger partial charge in [-0.05, 0) is 24.6 Å². The average Bonchev–Trinajstić information content (AvgIpc) is 2.72. The fraction of sp³-hybridized carbons (Fsp3) is 0.304. The van der Waals surface area contributed by atoms with Gasteiger partial charge in [0.2, 0.25) is 5.91 Å². The summed E-state index contributed by atoms with van der Waals surface area (Å²) in [7, 11) is 1.49. The van der Waals surface area contributed by atoms with Gasteiger partial charge in [-0.1, -0.05) is 35.9 Å². The Morgan fingerprint density at radius 3 is 2.61 bits per heavy atom. The summed E-state index contributed by atoms with van der Waals surface area (Å²) in [5, 5.41) is 0.424. The molecule has 0 bridgehead atoms. The normalized spacial score (nSPS) is 16.6. The number of benzene rings is 2. The fourth-order valence-electron chi connectivity index (χ4n) is 3.61. The first-order valence-electron chi connectivity index (χ1n) is 9.69. The molecule has 31 heavy (non-hydrogen) atoms. The molecule has 0 aromatic heterocycles. The van der Waals surface area contributed by atoms with E-state index in [1.54, 1.807) is 31.2 Å². The minimum Gasteiger partial charge on any atom is -0.460 e. The Morgan fingerprint density at radius 1 is 1.19 bits per heavy atom. The van der Waals surface area contributed by atoms with Gasteiger partial charge in [-0.15, -0.1) is 0 Å². The van der Waals surface area contributed by atoms with Gasteiger partial charge in [0.1, 0.15) is 18.2 Å². The molecule has 1 aliphatic rings. The maximum atomic E-state index is 14.2. The lowest BCUT2D eigenvalue weighted by atomic mass is 9.83. The minimum atomic E-state index is -0.766. The summed E-state index contributed by atoms with van der Waals surface area (Å²) in [5.41, 5.74) is 1.37. The lowest BCUT2D eigenvalue weighted by Crippen LogP contribution is -2.38. The van der Waals surface area contributed by atoms with Gasteiger partial charge < -0.3 is 14.4 Å². The highest BCUT2D eigenvalue weighted by Crippen LogP contribution is 2.40. The smallest absolute Gasteiger partial charge is 0.336 e. The van der Waals surface area contributed by atoms with E-state index < -0.39 is 23.5 Å². The van der Waals surface area contributed by atoms with Crippen molar-refractivity contribution in [2.75, 3.05) is 20.3 Å². The number of carbonyl (C=O) groups excluding carboxylic acids is 2. The number of rotatable bonds is 7. The number of esters is 1. The van der Waals surface area contributed by atoms with E-state index in [1.165, 1.54) is 18.1 Å². The Bertz CT molecular complexity index is 1020. The standard InChI is InChI=1S/C23H22ClF2NO4/c1-14-22(23(29)31-10-9-30-2)18(17-5-3-4-6-19(17)24)12-21(28)27(14)13-15-7-8-16(25)11-20(15)26/h3-8,11,18H,9-10,12-13H2,1-2H3. The van der Waals surface area contributed by atoms with Gasteiger partial charge in [-0.25, -0.2) is 13.6 Å². The van der Waals surface area contributed by atoms with Crippen molar-refractivity contribution >= 4 is 23.5 Å². The molecular weight excluding hydrogens is 428 g/mol. The predicted molar refractivity (Wildman–Crippen MR) is 111 cm³/mol. The Labute approximate surface area is 184 Å². The topological polar surface area (TPSA) is 55.8 Å². The average molecular weight is 450 g/mol. The van der Waals surface area contributed by atoms with Crippen molar-refractivity contribution in [2.45, 2.75) is 25.8 Å². The Balaban J connectivity index is 2.02. The van der Waals surface area contributed by atoms with Crippen LogP contribution in [0.5, 0.6) is 0 Å². The maximum absolute atomic E-state index is 14.2. The number of hydrogen-bond donors (Lipinski definition) is 0. The van der Waals surface area contributed by atoms with Gasteiger partial charge >= 0.3 is 5.97 Å². The molecule has 2 aromatic rings. The molecule has 5 nitrogen and oxygen atoms in total. The third kappa shape index (κ3) is 5.11. The van der Waals surface area contributed by atoms with Crippen LogP contribution in [0.4, 0.5) is 8.78 Å². The second-order valence-electron chi connectivity index (χ2n) is 7.12. The van der Waals surface area contributed by atoms with Crippen LogP contribution in [0.25, 0.3) is 0 Å². The third-order valence-electron chi connectivity index (χ3n) is 5.19. The van der Waals surface area contributed by atoms with Crippen molar-refractivity contribution in [1.29, 1.82) is 0 Å². The van der Waals surface area contributed by atoms with Gasteiger partial charge in [0.25, 0.3) is 0 Å². The zero-order chi connectivity index (χ0) is 22.5. The first-order chi connectivity index (χ1) is 14.8. The van der Waals surface area contributed by atoms with Crippen molar-refractivity contribution in [2.24, 2.45) is 0 Å². The van der Waals surface area contributed by atoms with E-state index in [4.69, 9.17) is 21.1 Å². The number of amides is 1. The predicted octanol–water partition coefficient (Wildman–Crippen LogP) is 4.60. The number of hydrogen-bond acceptors (Lipinski definition) is 4.